The van der Waals surface area contributed by atoms with E-state index in [1.807, 2.05) is 0 Å². The number of hydrogen-bond acceptors (Lipinski definition) is 7. The SMILES string of the molecule is CN(CC(=O)Nc1ccc2c(c1)OCCO2)S(=O)(=O)c1cc2c(cc1Cl)NC(=O)CO2. The van der Waals surface area contributed by atoms with Crippen LogP contribution in [0.4, 0.5) is 11.4 Å². The number of amides is 2. The van der Waals surface area contributed by atoms with Crippen molar-refractivity contribution < 1.29 is 32.2 Å². The number of sulfonamides is 1. The highest BCUT2D eigenvalue weighted by atomic mass is 35.5. The molecule has 0 fully saturated rings. The van der Waals surface area contributed by atoms with Crippen LogP contribution in [0.15, 0.2) is 35.2 Å². The Hall–Kier alpha value is -3.02. The number of carbonyl (C=O) groups excluding carboxylic acids is 2. The smallest absolute Gasteiger partial charge is 0.262 e. The number of benzene rings is 2. The van der Waals surface area contributed by atoms with E-state index >= 15 is 0 Å². The van der Waals surface area contributed by atoms with Crippen LogP contribution in [0.2, 0.25) is 5.02 Å². The van der Waals surface area contributed by atoms with Crippen LogP contribution in [0.25, 0.3) is 0 Å². The molecule has 10 nitrogen and oxygen atoms in total. The van der Waals surface area contributed by atoms with Gasteiger partial charge in [0.2, 0.25) is 15.9 Å². The second-order valence-electron chi connectivity index (χ2n) is 6.78. The minimum atomic E-state index is -4.12. The number of carbonyl (C=O) groups is 2. The zero-order chi connectivity index (χ0) is 22.2. The fourth-order valence-corrected chi connectivity index (χ4v) is 4.70. The van der Waals surface area contributed by atoms with E-state index < -0.39 is 22.5 Å². The Morgan fingerprint density at radius 2 is 1.87 bits per heavy atom. The van der Waals surface area contributed by atoms with E-state index in [0.29, 0.717) is 30.4 Å². The average Bonchev–Trinajstić information content (AvgIpc) is 2.72. The molecule has 2 amide bonds. The van der Waals surface area contributed by atoms with Crippen molar-refractivity contribution in [2.24, 2.45) is 0 Å². The summed E-state index contributed by atoms with van der Waals surface area (Å²) in [5, 5.41) is 5.07. The van der Waals surface area contributed by atoms with Gasteiger partial charge >= 0.3 is 0 Å². The van der Waals surface area contributed by atoms with Crippen molar-refractivity contribution in [1.29, 1.82) is 0 Å². The van der Waals surface area contributed by atoms with Gasteiger partial charge in [-0.15, -0.1) is 0 Å². The fourth-order valence-electron chi connectivity index (χ4n) is 3.06. The third-order valence-electron chi connectivity index (χ3n) is 4.55. The molecule has 0 aliphatic carbocycles. The molecule has 2 aromatic carbocycles. The lowest BCUT2D eigenvalue weighted by Crippen LogP contribution is -2.35. The molecular formula is C19H18ClN3O7S. The molecule has 164 valence electrons. The van der Waals surface area contributed by atoms with Crippen molar-refractivity contribution in [2.45, 2.75) is 4.90 Å². The summed E-state index contributed by atoms with van der Waals surface area (Å²) in [6, 6.07) is 7.42. The predicted octanol–water partition coefficient (Wildman–Crippen LogP) is 1.70. The molecule has 2 aliphatic heterocycles. The van der Waals surface area contributed by atoms with Gasteiger partial charge in [-0.3, -0.25) is 9.59 Å². The van der Waals surface area contributed by atoms with Gasteiger partial charge in [-0.25, -0.2) is 8.42 Å². The van der Waals surface area contributed by atoms with Crippen LogP contribution in [0.3, 0.4) is 0 Å². The molecule has 0 atom stereocenters. The predicted molar refractivity (Wildman–Crippen MR) is 111 cm³/mol. The third kappa shape index (κ3) is 4.38. The number of fused-ring (bicyclic) bond motifs is 2. The van der Waals surface area contributed by atoms with Crippen LogP contribution in [0.1, 0.15) is 0 Å². The molecule has 2 N–H and O–H groups in total. The van der Waals surface area contributed by atoms with Crippen LogP contribution >= 0.6 is 11.6 Å². The van der Waals surface area contributed by atoms with Crippen molar-refractivity contribution in [3.8, 4) is 17.2 Å². The molecule has 0 saturated heterocycles. The van der Waals surface area contributed by atoms with Gasteiger partial charge in [0.1, 0.15) is 23.9 Å². The first-order chi connectivity index (χ1) is 14.7. The Balaban J connectivity index is 1.48. The van der Waals surface area contributed by atoms with Gasteiger partial charge < -0.3 is 24.8 Å². The number of likely N-dealkylation sites (N-methyl/N-ethyl adjacent to an activating group) is 1. The summed E-state index contributed by atoms with van der Waals surface area (Å²) in [7, 11) is -2.85. The lowest BCUT2D eigenvalue weighted by Gasteiger charge is -2.22. The van der Waals surface area contributed by atoms with Gasteiger partial charge in [-0.1, -0.05) is 11.6 Å². The maximum atomic E-state index is 13.0. The van der Waals surface area contributed by atoms with E-state index in [4.69, 9.17) is 25.8 Å². The molecule has 12 heteroatoms. The molecule has 0 bridgehead atoms. The van der Waals surface area contributed by atoms with E-state index in [0.717, 1.165) is 4.31 Å². The number of nitrogens with one attached hydrogen (secondary N) is 2. The number of halogens is 1. The van der Waals surface area contributed by atoms with Crippen molar-refractivity contribution in [1.82, 2.24) is 4.31 Å². The molecule has 2 aliphatic rings. The summed E-state index contributed by atoms with van der Waals surface area (Å²) in [5.74, 6) is 0.325. The standard InChI is InChI=1S/C19H18ClN3O7S/c1-23(9-18(24)21-11-2-3-14-16(6-11)29-5-4-28-14)31(26,27)17-8-15-13(7-12(17)20)22-19(25)10-30-15/h2-3,6-8H,4-5,9-10H2,1H3,(H,21,24)(H,22,25). The van der Waals surface area contributed by atoms with Crippen LogP contribution in [0.5, 0.6) is 17.2 Å². The number of ether oxygens (including phenoxy) is 3. The van der Waals surface area contributed by atoms with E-state index in [-0.39, 0.29) is 33.9 Å². The van der Waals surface area contributed by atoms with Gasteiger partial charge in [0.05, 0.1) is 17.3 Å². The molecule has 0 aromatic heterocycles. The lowest BCUT2D eigenvalue weighted by atomic mass is 10.2. The Morgan fingerprint density at radius 1 is 1.13 bits per heavy atom. The third-order valence-corrected chi connectivity index (χ3v) is 6.82. The highest BCUT2D eigenvalue weighted by molar-refractivity contribution is 7.89. The van der Waals surface area contributed by atoms with E-state index in [2.05, 4.69) is 10.6 Å². The summed E-state index contributed by atoms with van der Waals surface area (Å²) in [5.41, 5.74) is 0.718. The molecular weight excluding hydrogens is 450 g/mol. The Bertz CT molecular complexity index is 1170. The summed E-state index contributed by atoms with van der Waals surface area (Å²) in [6.07, 6.45) is 0. The molecule has 0 saturated carbocycles. The maximum absolute atomic E-state index is 13.0. The van der Waals surface area contributed by atoms with Crippen LogP contribution < -0.4 is 24.8 Å². The second kappa shape index (κ2) is 8.25. The lowest BCUT2D eigenvalue weighted by molar-refractivity contribution is -0.118. The van der Waals surface area contributed by atoms with Gasteiger partial charge in [-0.2, -0.15) is 4.31 Å². The molecule has 4 rings (SSSR count). The molecule has 31 heavy (non-hydrogen) atoms. The van der Waals surface area contributed by atoms with Crippen LogP contribution in [0, 0.1) is 0 Å². The average molecular weight is 468 g/mol. The van der Waals surface area contributed by atoms with E-state index in [1.54, 1.807) is 18.2 Å². The Morgan fingerprint density at radius 3 is 2.65 bits per heavy atom. The van der Waals surface area contributed by atoms with Crippen molar-refractivity contribution >= 4 is 44.8 Å². The molecule has 0 unspecified atom stereocenters. The number of nitrogens with zero attached hydrogens (tertiary/aromatic N) is 1. The number of anilines is 2. The topological polar surface area (TPSA) is 123 Å². The second-order valence-corrected chi connectivity index (χ2v) is 9.20. The molecule has 0 radical (unpaired) electrons. The quantitative estimate of drug-likeness (QED) is 0.686. The zero-order valence-corrected chi connectivity index (χ0v) is 17.9. The molecule has 2 heterocycles. The minimum Gasteiger partial charge on any atom is -0.486 e. The zero-order valence-electron chi connectivity index (χ0n) is 16.3. The first-order valence-corrected chi connectivity index (χ1v) is 11.0. The highest BCUT2D eigenvalue weighted by Crippen LogP contribution is 2.36. The van der Waals surface area contributed by atoms with Crippen LogP contribution in [-0.4, -0.2) is 58.0 Å². The molecule has 0 spiro atoms. The van der Waals surface area contributed by atoms with Gasteiger partial charge in [0.15, 0.2) is 18.1 Å². The summed E-state index contributed by atoms with van der Waals surface area (Å²) in [4.78, 5) is 23.6. The normalized spacial score (nSPS) is 15.0. The summed E-state index contributed by atoms with van der Waals surface area (Å²) < 4.78 is 43.0. The molecule has 2 aromatic rings. The fraction of sp³-hybridized carbons (Fsp3) is 0.263. The first kappa shape index (κ1) is 21.2. The van der Waals surface area contributed by atoms with Gasteiger partial charge in [0.25, 0.3) is 5.91 Å². The maximum Gasteiger partial charge on any atom is 0.262 e. The monoisotopic (exact) mass is 467 g/mol. The van der Waals surface area contributed by atoms with Crippen molar-refractivity contribution in [3.05, 3.63) is 35.4 Å². The van der Waals surface area contributed by atoms with E-state index in [1.165, 1.54) is 19.2 Å². The Labute approximate surface area is 183 Å². The largest absolute Gasteiger partial charge is 0.486 e. The number of rotatable bonds is 5. The van der Waals surface area contributed by atoms with Crippen molar-refractivity contribution in [3.63, 3.8) is 0 Å². The first-order valence-electron chi connectivity index (χ1n) is 9.16. The van der Waals surface area contributed by atoms with Crippen LogP contribution in [-0.2, 0) is 19.6 Å². The van der Waals surface area contributed by atoms with Gasteiger partial charge in [-0.05, 0) is 18.2 Å². The number of hydrogen-bond donors (Lipinski definition) is 2. The minimum absolute atomic E-state index is 0.108. The van der Waals surface area contributed by atoms with Gasteiger partial charge in [0, 0.05) is 24.9 Å². The summed E-state index contributed by atoms with van der Waals surface area (Å²) >= 11 is 6.13. The highest BCUT2D eigenvalue weighted by Gasteiger charge is 2.29. The Kier molecular flexibility index (Phi) is 5.65. The summed E-state index contributed by atoms with van der Waals surface area (Å²) in [6.45, 7) is 0.161. The van der Waals surface area contributed by atoms with Crippen molar-refractivity contribution in [2.75, 3.05) is 44.0 Å². The van der Waals surface area contributed by atoms with E-state index in [9.17, 15) is 18.0 Å².